The third-order valence-electron chi connectivity index (χ3n) is 5.06. The molecule has 0 aromatic heterocycles. The molecular weight excluding hydrogens is 340 g/mol. The van der Waals surface area contributed by atoms with Gasteiger partial charge in [-0.05, 0) is 31.6 Å². The quantitative estimate of drug-likeness (QED) is 0.345. The summed E-state index contributed by atoms with van der Waals surface area (Å²) in [6, 6.07) is 0. The lowest BCUT2D eigenvalue weighted by molar-refractivity contribution is -0.147. The van der Waals surface area contributed by atoms with E-state index in [9.17, 15) is 9.59 Å². The van der Waals surface area contributed by atoms with Crippen LogP contribution in [0.4, 0.5) is 0 Å². The maximum absolute atomic E-state index is 11.8. The fraction of sp³-hybridized carbons (Fsp3) is 0.900. The van der Waals surface area contributed by atoms with Crippen molar-refractivity contribution in [2.75, 3.05) is 13.2 Å². The third kappa shape index (κ3) is 10.1. The number of hydrogen-bond acceptors (Lipinski definition) is 4. The van der Waals surface area contributed by atoms with Crippen LogP contribution >= 0.6 is 11.6 Å². The van der Waals surface area contributed by atoms with Gasteiger partial charge in [-0.3, -0.25) is 9.59 Å². The minimum Gasteiger partial charge on any atom is -0.465 e. The first kappa shape index (κ1) is 22.3. The minimum atomic E-state index is -0.239. The van der Waals surface area contributed by atoms with Crippen molar-refractivity contribution in [1.82, 2.24) is 0 Å². The van der Waals surface area contributed by atoms with Crippen LogP contribution in [-0.2, 0) is 19.1 Å². The molecule has 1 aliphatic rings. The van der Waals surface area contributed by atoms with Gasteiger partial charge in [0.15, 0.2) is 0 Å². The maximum atomic E-state index is 11.8. The van der Waals surface area contributed by atoms with Gasteiger partial charge in [0.2, 0.25) is 0 Å². The second kappa shape index (κ2) is 13.4. The molecule has 0 radical (unpaired) electrons. The van der Waals surface area contributed by atoms with Crippen LogP contribution in [0.5, 0.6) is 0 Å². The average Bonchev–Trinajstić information content (AvgIpc) is 2.61. The molecule has 5 heteroatoms. The van der Waals surface area contributed by atoms with Gasteiger partial charge in [-0.2, -0.15) is 0 Å². The molecule has 1 saturated carbocycles. The summed E-state index contributed by atoms with van der Waals surface area (Å²) in [7, 11) is 0. The Bertz CT molecular complexity index is 386. The summed E-state index contributed by atoms with van der Waals surface area (Å²) in [5.74, 6) is 0.277. The molecule has 0 aromatic rings. The number of alkyl halides is 1. The number of esters is 2. The van der Waals surface area contributed by atoms with Crippen molar-refractivity contribution in [3.05, 3.63) is 0 Å². The van der Waals surface area contributed by atoms with Crippen LogP contribution in [-0.4, -0.2) is 30.5 Å². The first-order chi connectivity index (χ1) is 12.1. The van der Waals surface area contributed by atoms with Crippen molar-refractivity contribution in [3.63, 3.8) is 0 Å². The van der Waals surface area contributed by atoms with E-state index in [0.29, 0.717) is 25.6 Å². The Labute approximate surface area is 158 Å². The predicted octanol–water partition coefficient (Wildman–Crippen LogP) is 5.26. The number of hydrogen-bond donors (Lipinski definition) is 0. The molecular formula is C20H35ClO4. The highest BCUT2D eigenvalue weighted by Crippen LogP contribution is 2.28. The summed E-state index contributed by atoms with van der Waals surface area (Å²) in [6.45, 7) is 5.20. The van der Waals surface area contributed by atoms with Crippen molar-refractivity contribution in [2.24, 2.45) is 11.8 Å². The van der Waals surface area contributed by atoms with E-state index in [1.807, 2.05) is 0 Å². The van der Waals surface area contributed by atoms with Crippen LogP contribution in [0.15, 0.2) is 0 Å². The number of halogens is 1. The summed E-state index contributed by atoms with van der Waals surface area (Å²) in [6.07, 6.45) is 9.87. The molecule has 0 bridgehead atoms. The molecule has 25 heavy (non-hydrogen) atoms. The molecule has 0 N–H and O–H groups in total. The third-order valence-corrected chi connectivity index (χ3v) is 5.63. The molecule has 0 aromatic carbocycles. The molecule has 1 fully saturated rings. The van der Waals surface area contributed by atoms with Crippen LogP contribution in [0.25, 0.3) is 0 Å². The van der Waals surface area contributed by atoms with Gasteiger partial charge < -0.3 is 9.47 Å². The normalized spacial score (nSPS) is 21.6. The fourth-order valence-corrected chi connectivity index (χ4v) is 3.53. The van der Waals surface area contributed by atoms with E-state index in [-0.39, 0.29) is 36.1 Å². The highest BCUT2D eigenvalue weighted by Gasteiger charge is 2.24. The molecule has 0 spiro atoms. The van der Waals surface area contributed by atoms with Crippen molar-refractivity contribution in [2.45, 2.75) is 89.9 Å². The Morgan fingerprint density at radius 3 is 2.36 bits per heavy atom. The number of ether oxygens (including phenoxy) is 2. The van der Waals surface area contributed by atoms with Crippen LogP contribution in [0.3, 0.4) is 0 Å². The van der Waals surface area contributed by atoms with Crippen LogP contribution in [0, 0.1) is 11.8 Å². The van der Waals surface area contributed by atoms with Gasteiger partial charge in [0, 0.05) is 24.1 Å². The number of carbonyl (C=O) groups is 2. The second-order valence-electron chi connectivity index (χ2n) is 7.20. The zero-order valence-electron chi connectivity index (χ0n) is 15.9. The van der Waals surface area contributed by atoms with E-state index in [4.69, 9.17) is 21.1 Å². The molecule has 1 rings (SSSR count). The standard InChI is InChI=1S/C20H35ClO4/c1-3-5-9-16(4-2)14-24-19(22)12-8-13-20(23)25-15-17-10-6-7-11-18(17)21/h16-18H,3-15H2,1-2H3. The SMILES string of the molecule is CCCCC(CC)COC(=O)CCCC(=O)OCC1CCCCC1Cl. The Balaban J connectivity index is 2.08. The van der Waals surface area contributed by atoms with E-state index in [1.54, 1.807) is 0 Å². The zero-order valence-corrected chi connectivity index (χ0v) is 16.7. The smallest absolute Gasteiger partial charge is 0.305 e. The topological polar surface area (TPSA) is 52.6 Å². The van der Waals surface area contributed by atoms with Gasteiger partial charge in [-0.15, -0.1) is 11.6 Å². The molecule has 3 unspecified atom stereocenters. The molecule has 0 aliphatic heterocycles. The van der Waals surface area contributed by atoms with Crippen molar-refractivity contribution in [3.8, 4) is 0 Å². The van der Waals surface area contributed by atoms with E-state index in [1.165, 1.54) is 6.42 Å². The first-order valence-corrected chi connectivity index (χ1v) is 10.5. The molecule has 4 nitrogen and oxygen atoms in total. The first-order valence-electron chi connectivity index (χ1n) is 10.0. The summed E-state index contributed by atoms with van der Waals surface area (Å²) in [5.41, 5.74) is 0. The monoisotopic (exact) mass is 374 g/mol. The highest BCUT2D eigenvalue weighted by molar-refractivity contribution is 6.20. The fourth-order valence-electron chi connectivity index (χ4n) is 3.18. The molecule has 0 amide bonds. The predicted molar refractivity (Wildman–Crippen MR) is 101 cm³/mol. The van der Waals surface area contributed by atoms with Gasteiger partial charge in [0.1, 0.15) is 0 Å². The van der Waals surface area contributed by atoms with Crippen LogP contribution in [0.2, 0.25) is 0 Å². The van der Waals surface area contributed by atoms with Gasteiger partial charge in [0.05, 0.1) is 13.2 Å². The number of unbranched alkanes of at least 4 members (excludes halogenated alkanes) is 1. The van der Waals surface area contributed by atoms with E-state index < -0.39 is 0 Å². The lowest BCUT2D eigenvalue weighted by atomic mass is 9.89. The average molecular weight is 375 g/mol. The zero-order chi connectivity index (χ0) is 18.5. The largest absolute Gasteiger partial charge is 0.465 e. The Morgan fingerprint density at radius 1 is 1.04 bits per heavy atom. The van der Waals surface area contributed by atoms with Crippen LogP contribution in [0.1, 0.15) is 84.5 Å². The van der Waals surface area contributed by atoms with Gasteiger partial charge in [0.25, 0.3) is 0 Å². The van der Waals surface area contributed by atoms with Gasteiger partial charge in [-0.25, -0.2) is 0 Å². The second-order valence-corrected chi connectivity index (χ2v) is 7.76. The summed E-state index contributed by atoms with van der Waals surface area (Å²) in [5, 5.41) is 0.121. The van der Waals surface area contributed by atoms with E-state index in [0.717, 1.165) is 44.9 Å². The summed E-state index contributed by atoms with van der Waals surface area (Å²) < 4.78 is 10.7. The summed E-state index contributed by atoms with van der Waals surface area (Å²) >= 11 is 6.26. The number of rotatable bonds is 12. The Morgan fingerprint density at radius 2 is 1.72 bits per heavy atom. The Hall–Kier alpha value is -0.770. The highest BCUT2D eigenvalue weighted by atomic mass is 35.5. The van der Waals surface area contributed by atoms with Crippen molar-refractivity contribution < 1.29 is 19.1 Å². The van der Waals surface area contributed by atoms with Crippen molar-refractivity contribution >= 4 is 23.5 Å². The lowest BCUT2D eigenvalue weighted by Crippen LogP contribution is -2.25. The molecule has 3 atom stereocenters. The minimum absolute atomic E-state index is 0.121. The molecule has 1 aliphatic carbocycles. The van der Waals surface area contributed by atoms with E-state index in [2.05, 4.69) is 13.8 Å². The van der Waals surface area contributed by atoms with Crippen molar-refractivity contribution in [1.29, 1.82) is 0 Å². The lowest BCUT2D eigenvalue weighted by Gasteiger charge is -2.26. The van der Waals surface area contributed by atoms with Gasteiger partial charge in [-0.1, -0.05) is 46.0 Å². The molecule has 146 valence electrons. The molecule has 0 saturated heterocycles. The van der Waals surface area contributed by atoms with Crippen LogP contribution < -0.4 is 0 Å². The summed E-state index contributed by atoms with van der Waals surface area (Å²) in [4.78, 5) is 23.6. The maximum Gasteiger partial charge on any atom is 0.305 e. The van der Waals surface area contributed by atoms with Gasteiger partial charge >= 0.3 is 11.9 Å². The molecule has 0 heterocycles. The Kier molecular flexibility index (Phi) is 12.0. The van der Waals surface area contributed by atoms with E-state index >= 15 is 0 Å². The number of carbonyl (C=O) groups excluding carboxylic acids is 2.